The fourth-order valence-electron chi connectivity index (χ4n) is 2.26. The van der Waals surface area contributed by atoms with Crippen molar-refractivity contribution < 1.29 is 18.0 Å². The SMILES string of the molecule is C#CCNC(=O)c1ccc2nnc(-c3ccc(C(F)(F)F)cc3)n2c1. The largest absolute Gasteiger partial charge is 0.416 e. The van der Waals surface area contributed by atoms with Crippen LogP contribution in [0.5, 0.6) is 0 Å². The molecule has 2 heterocycles. The Balaban J connectivity index is 1.99. The molecule has 0 atom stereocenters. The molecule has 0 unspecified atom stereocenters. The predicted octanol–water partition coefficient (Wildman–Crippen LogP) is 2.78. The average Bonchev–Trinajstić information content (AvgIpc) is 3.02. The maximum atomic E-state index is 12.7. The van der Waals surface area contributed by atoms with Crippen molar-refractivity contribution in [3.63, 3.8) is 0 Å². The number of amides is 1. The van der Waals surface area contributed by atoms with Crippen molar-refractivity contribution in [3.05, 3.63) is 53.7 Å². The molecule has 3 rings (SSSR count). The summed E-state index contributed by atoms with van der Waals surface area (Å²) < 4.78 is 39.5. The van der Waals surface area contributed by atoms with E-state index >= 15 is 0 Å². The molecule has 0 radical (unpaired) electrons. The average molecular weight is 344 g/mol. The van der Waals surface area contributed by atoms with Gasteiger partial charge in [0.15, 0.2) is 11.5 Å². The number of nitrogens with zero attached hydrogens (tertiary/aromatic N) is 3. The summed E-state index contributed by atoms with van der Waals surface area (Å²) in [6, 6.07) is 7.71. The Morgan fingerprint density at radius 3 is 2.52 bits per heavy atom. The Labute approximate surface area is 140 Å². The minimum atomic E-state index is -4.41. The highest BCUT2D eigenvalue weighted by molar-refractivity contribution is 5.94. The monoisotopic (exact) mass is 344 g/mol. The minimum Gasteiger partial charge on any atom is -0.341 e. The van der Waals surface area contributed by atoms with Crippen molar-refractivity contribution in [1.29, 1.82) is 0 Å². The second-order valence-electron chi connectivity index (χ2n) is 5.13. The molecule has 0 bridgehead atoms. The van der Waals surface area contributed by atoms with Crippen LogP contribution in [0.3, 0.4) is 0 Å². The van der Waals surface area contributed by atoms with Gasteiger partial charge in [0.2, 0.25) is 0 Å². The zero-order chi connectivity index (χ0) is 18.0. The molecule has 0 aliphatic heterocycles. The number of hydrogen-bond acceptors (Lipinski definition) is 3. The number of fused-ring (bicyclic) bond motifs is 1. The number of carbonyl (C=O) groups excluding carboxylic acids is 1. The van der Waals surface area contributed by atoms with E-state index in [0.717, 1.165) is 12.1 Å². The number of rotatable bonds is 3. The number of carbonyl (C=O) groups is 1. The number of benzene rings is 1. The van der Waals surface area contributed by atoms with Gasteiger partial charge in [0.25, 0.3) is 5.91 Å². The van der Waals surface area contributed by atoms with Gasteiger partial charge in [-0.05, 0) is 24.3 Å². The zero-order valence-electron chi connectivity index (χ0n) is 12.7. The van der Waals surface area contributed by atoms with E-state index in [9.17, 15) is 18.0 Å². The lowest BCUT2D eigenvalue weighted by molar-refractivity contribution is -0.137. The van der Waals surface area contributed by atoms with E-state index in [1.54, 1.807) is 12.1 Å². The van der Waals surface area contributed by atoms with Gasteiger partial charge in [-0.25, -0.2) is 0 Å². The van der Waals surface area contributed by atoms with Gasteiger partial charge in [0.05, 0.1) is 17.7 Å². The summed E-state index contributed by atoms with van der Waals surface area (Å²) >= 11 is 0. The normalized spacial score (nSPS) is 11.3. The second kappa shape index (κ2) is 6.28. The van der Waals surface area contributed by atoms with Gasteiger partial charge >= 0.3 is 6.18 Å². The summed E-state index contributed by atoms with van der Waals surface area (Å²) in [7, 11) is 0. The fourth-order valence-corrected chi connectivity index (χ4v) is 2.26. The molecule has 0 saturated heterocycles. The van der Waals surface area contributed by atoms with Gasteiger partial charge in [-0.2, -0.15) is 13.2 Å². The lowest BCUT2D eigenvalue weighted by atomic mass is 10.1. The van der Waals surface area contributed by atoms with Gasteiger partial charge in [0.1, 0.15) is 0 Å². The number of hydrogen-bond donors (Lipinski definition) is 1. The van der Waals surface area contributed by atoms with Crippen LogP contribution >= 0.6 is 0 Å². The maximum absolute atomic E-state index is 12.7. The summed E-state index contributed by atoms with van der Waals surface area (Å²) in [6.45, 7) is 0.0881. The molecule has 3 aromatic rings. The van der Waals surface area contributed by atoms with Gasteiger partial charge in [-0.15, -0.1) is 16.6 Å². The number of halogens is 3. The first kappa shape index (κ1) is 16.5. The van der Waals surface area contributed by atoms with E-state index < -0.39 is 11.7 Å². The van der Waals surface area contributed by atoms with Crippen molar-refractivity contribution in [3.8, 4) is 23.7 Å². The zero-order valence-corrected chi connectivity index (χ0v) is 12.7. The van der Waals surface area contributed by atoms with E-state index in [0.29, 0.717) is 22.6 Å². The highest BCUT2D eigenvalue weighted by atomic mass is 19.4. The van der Waals surface area contributed by atoms with Gasteiger partial charge in [-0.3, -0.25) is 9.20 Å². The summed E-state index contributed by atoms with van der Waals surface area (Å²) in [5.41, 5.74) is 0.486. The van der Waals surface area contributed by atoms with E-state index in [-0.39, 0.29) is 12.5 Å². The van der Waals surface area contributed by atoms with Crippen LogP contribution in [-0.2, 0) is 6.18 Å². The van der Waals surface area contributed by atoms with Gasteiger partial charge in [-0.1, -0.05) is 18.1 Å². The van der Waals surface area contributed by atoms with Crippen LogP contribution in [0.25, 0.3) is 17.0 Å². The van der Waals surface area contributed by atoms with Crippen LogP contribution in [0.1, 0.15) is 15.9 Å². The molecule has 0 aliphatic carbocycles. The standard InChI is InChI=1S/C17H11F3N4O/c1-2-9-21-16(25)12-5-8-14-22-23-15(24(14)10-12)11-3-6-13(7-4-11)17(18,19)20/h1,3-8,10H,9H2,(H,21,25). The molecule has 1 aromatic carbocycles. The van der Waals surface area contributed by atoms with Crippen molar-refractivity contribution >= 4 is 11.6 Å². The molecule has 0 fully saturated rings. The summed E-state index contributed by atoms with van der Waals surface area (Å²) in [5, 5.41) is 10.5. The van der Waals surface area contributed by atoms with Crippen molar-refractivity contribution in [1.82, 2.24) is 19.9 Å². The van der Waals surface area contributed by atoms with Gasteiger partial charge in [0, 0.05) is 11.8 Å². The van der Waals surface area contributed by atoms with E-state index in [2.05, 4.69) is 21.4 Å². The first-order chi connectivity index (χ1) is 11.9. The Kier molecular flexibility index (Phi) is 4.15. The molecule has 1 amide bonds. The van der Waals surface area contributed by atoms with Crippen molar-refractivity contribution in [2.45, 2.75) is 6.18 Å². The predicted molar refractivity (Wildman–Crippen MR) is 84.6 cm³/mol. The molecule has 2 aromatic heterocycles. The molecule has 1 N–H and O–H groups in total. The van der Waals surface area contributed by atoms with Crippen LogP contribution in [0.15, 0.2) is 42.6 Å². The third kappa shape index (κ3) is 3.30. The lowest BCUT2D eigenvalue weighted by Crippen LogP contribution is -2.23. The number of pyridine rings is 1. The summed E-state index contributed by atoms with van der Waals surface area (Å²) in [5.74, 6) is 2.26. The maximum Gasteiger partial charge on any atom is 0.416 e. The molecular formula is C17H11F3N4O. The first-order valence-electron chi connectivity index (χ1n) is 7.14. The van der Waals surface area contributed by atoms with Crippen molar-refractivity contribution in [2.24, 2.45) is 0 Å². The highest BCUT2D eigenvalue weighted by Crippen LogP contribution is 2.30. The molecule has 126 valence electrons. The van der Waals surface area contributed by atoms with E-state index in [4.69, 9.17) is 6.42 Å². The highest BCUT2D eigenvalue weighted by Gasteiger charge is 2.30. The molecule has 0 saturated carbocycles. The lowest BCUT2D eigenvalue weighted by Gasteiger charge is -2.07. The summed E-state index contributed by atoms with van der Waals surface area (Å²) in [6.07, 6.45) is 2.20. The Bertz CT molecular complexity index is 968. The molecule has 5 nitrogen and oxygen atoms in total. The Morgan fingerprint density at radius 2 is 1.88 bits per heavy atom. The van der Waals surface area contributed by atoms with Crippen LogP contribution in [0.2, 0.25) is 0 Å². The van der Waals surface area contributed by atoms with Crippen LogP contribution in [-0.4, -0.2) is 27.0 Å². The second-order valence-corrected chi connectivity index (χ2v) is 5.13. The third-order valence-corrected chi connectivity index (χ3v) is 3.49. The summed E-state index contributed by atoms with van der Waals surface area (Å²) in [4.78, 5) is 12.0. The van der Waals surface area contributed by atoms with Crippen LogP contribution in [0, 0.1) is 12.3 Å². The molecular weight excluding hydrogens is 333 g/mol. The molecule has 0 aliphatic rings. The number of terminal acetylenes is 1. The van der Waals surface area contributed by atoms with E-state index in [1.165, 1.54) is 22.7 Å². The molecule has 0 spiro atoms. The minimum absolute atomic E-state index is 0.0881. The topological polar surface area (TPSA) is 59.3 Å². The van der Waals surface area contributed by atoms with Crippen LogP contribution in [0.4, 0.5) is 13.2 Å². The van der Waals surface area contributed by atoms with Crippen molar-refractivity contribution in [2.75, 3.05) is 6.54 Å². The molecule has 25 heavy (non-hydrogen) atoms. The van der Waals surface area contributed by atoms with Gasteiger partial charge < -0.3 is 5.32 Å². The smallest absolute Gasteiger partial charge is 0.341 e. The third-order valence-electron chi connectivity index (χ3n) is 3.49. The Morgan fingerprint density at radius 1 is 1.16 bits per heavy atom. The van der Waals surface area contributed by atoms with E-state index in [1.807, 2.05) is 0 Å². The number of alkyl halides is 3. The number of nitrogens with one attached hydrogen (secondary N) is 1. The quantitative estimate of drug-likeness (QED) is 0.744. The number of aromatic nitrogens is 3. The Hall–Kier alpha value is -3.34. The molecule has 8 heteroatoms. The first-order valence-corrected chi connectivity index (χ1v) is 7.14. The van der Waals surface area contributed by atoms with Crippen LogP contribution < -0.4 is 5.32 Å². The fraction of sp³-hybridized carbons (Fsp3) is 0.118.